The third-order valence-electron chi connectivity index (χ3n) is 3.69. The Morgan fingerprint density at radius 1 is 1.19 bits per heavy atom. The van der Waals surface area contributed by atoms with E-state index >= 15 is 0 Å². The summed E-state index contributed by atoms with van der Waals surface area (Å²) in [5.74, 6) is 0.826. The number of hydrogen-bond donors (Lipinski definition) is 1. The molecule has 0 aliphatic rings. The van der Waals surface area contributed by atoms with E-state index in [1.165, 1.54) is 16.7 Å². The van der Waals surface area contributed by atoms with Gasteiger partial charge in [-0.15, -0.1) is 0 Å². The third-order valence-corrected chi connectivity index (χ3v) is 3.69. The van der Waals surface area contributed by atoms with Gasteiger partial charge >= 0.3 is 0 Å². The Balaban J connectivity index is 2.49. The van der Waals surface area contributed by atoms with Crippen LogP contribution in [0.4, 0.5) is 0 Å². The van der Waals surface area contributed by atoms with Crippen molar-refractivity contribution in [3.8, 4) is 5.75 Å². The Bertz CT molecular complexity index is 596. The van der Waals surface area contributed by atoms with Crippen molar-refractivity contribution in [2.45, 2.75) is 33.2 Å². The molecular weight excluding hydrogens is 260 g/mol. The van der Waals surface area contributed by atoms with Crippen molar-refractivity contribution < 1.29 is 4.74 Å². The average Bonchev–Trinajstić information content (AvgIpc) is 2.51. The van der Waals surface area contributed by atoms with Crippen molar-refractivity contribution in [2.75, 3.05) is 13.7 Å². The number of aryl methyl sites for hydroxylation is 2. The second kappa shape index (κ2) is 7.23. The maximum Gasteiger partial charge on any atom is 0.142 e. The highest BCUT2D eigenvalue weighted by molar-refractivity contribution is 5.43. The van der Waals surface area contributed by atoms with Gasteiger partial charge in [0.15, 0.2) is 0 Å². The maximum atomic E-state index is 5.50. The molecule has 1 heterocycles. The van der Waals surface area contributed by atoms with Crippen LogP contribution in [0.2, 0.25) is 0 Å². The Hall–Kier alpha value is -1.87. The van der Waals surface area contributed by atoms with E-state index in [0.29, 0.717) is 0 Å². The minimum absolute atomic E-state index is 0.128. The van der Waals surface area contributed by atoms with Gasteiger partial charge in [0, 0.05) is 11.8 Å². The van der Waals surface area contributed by atoms with Gasteiger partial charge in [0.2, 0.25) is 0 Å². The Kier molecular flexibility index (Phi) is 5.34. The molecule has 0 fully saturated rings. The molecule has 0 aliphatic heterocycles. The SMILES string of the molecule is CCCNC(c1cc(C)ccc1C)c1ccncc1OC. The predicted octanol–water partition coefficient (Wildman–Crippen LogP) is 3.80. The number of methoxy groups -OCH3 is 1. The van der Waals surface area contributed by atoms with Gasteiger partial charge in [0.1, 0.15) is 5.75 Å². The molecule has 0 amide bonds. The first-order valence-corrected chi connectivity index (χ1v) is 7.45. The Morgan fingerprint density at radius 2 is 2.00 bits per heavy atom. The largest absolute Gasteiger partial charge is 0.495 e. The first kappa shape index (κ1) is 15.5. The molecule has 2 aromatic rings. The molecule has 112 valence electrons. The minimum Gasteiger partial charge on any atom is -0.495 e. The van der Waals surface area contributed by atoms with Gasteiger partial charge in [-0.1, -0.05) is 30.7 Å². The molecule has 1 aromatic heterocycles. The number of benzene rings is 1. The molecule has 0 aliphatic carbocycles. The first-order chi connectivity index (χ1) is 10.2. The maximum absolute atomic E-state index is 5.50. The van der Waals surface area contributed by atoms with Crippen LogP contribution in [-0.4, -0.2) is 18.6 Å². The summed E-state index contributed by atoms with van der Waals surface area (Å²) in [6.07, 6.45) is 4.69. The molecule has 1 aromatic carbocycles. The number of nitrogens with one attached hydrogen (secondary N) is 1. The molecule has 21 heavy (non-hydrogen) atoms. The lowest BCUT2D eigenvalue weighted by Crippen LogP contribution is -2.24. The normalized spacial score (nSPS) is 12.2. The second-order valence-corrected chi connectivity index (χ2v) is 5.36. The van der Waals surface area contributed by atoms with Crippen LogP contribution >= 0.6 is 0 Å². The predicted molar refractivity (Wildman–Crippen MR) is 86.8 cm³/mol. The molecule has 0 spiro atoms. The van der Waals surface area contributed by atoms with Gasteiger partial charge in [-0.3, -0.25) is 4.98 Å². The van der Waals surface area contributed by atoms with E-state index < -0.39 is 0 Å². The zero-order valence-corrected chi connectivity index (χ0v) is 13.3. The molecule has 2 rings (SSSR count). The van der Waals surface area contributed by atoms with Crippen molar-refractivity contribution in [2.24, 2.45) is 0 Å². The van der Waals surface area contributed by atoms with E-state index in [1.807, 2.05) is 12.3 Å². The van der Waals surface area contributed by atoms with Crippen molar-refractivity contribution >= 4 is 0 Å². The summed E-state index contributed by atoms with van der Waals surface area (Å²) in [4.78, 5) is 4.16. The van der Waals surface area contributed by atoms with Crippen molar-refractivity contribution in [3.05, 3.63) is 58.9 Å². The van der Waals surface area contributed by atoms with Crippen molar-refractivity contribution in [3.63, 3.8) is 0 Å². The molecule has 1 N–H and O–H groups in total. The van der Waals surface area contributed by atoms with Crippen LogP contribution in [0.1, 0.15) is 41.6 Å². The number of nitrogens with zero attached hydrogens (tertiary/aromatic N) is 1. The summed E-state index contributed by atoms with van der Waals surface area (Å²) in [7, 11) is 1.69. The molecule has 1 atom stereocenters. The van der Waals surface area contributed by atoms with Gasteiger partial charge in [-0.2, -0.15) is 0 Å². The van der Waals surface area contributed by atoms with Gasteiger partial charge in [0.05, 0.1) is 19.3 Å². The van der Waals surface area contributed by atoms with Crippen LogP contribution in [0.5, 0.6) is 5.75 Å². The van der Waals surface area contributed by atoms with Gasteiger partial charge in [0.25, 0.3) is 0 Å². The Labute approximate surface area is 127 Å². The van der Waals surface area contributed by atoms with Gasteiger partial charge < -0.3 is 10.1 Å². The molecule has 0 saturated heterocycles. The standard InChI is InChI=1S/C18H24N2O/c1-5-9-20-18(15-8-10-19-12-17(15)21-4)16-11-13(2)6-7-14(16)3/h6-8,10-12,18,20H,5,9H2,1-4H3. The third kappa shape index (κ3) is 3.61. The molecule has 1 unspecified atom stereocenters. The lowest BCUT2D eigenvalue weighted by molar-refractivity contribution is 0.401. The number of aromatic nitrogens is 1. The second-order valence-electron chi connectivity index (χ2n) is 5.36. The van der Waals surface area contributed by atoms with Crippen LogP contribution in [0.3, 0.4) is 0 Å². The molecule has 0 saturated carbocycles. The van der Waals surface area contributed by atoms with Crippen LogP contribution in [0, 0.1) is 13.8 Å². The highest BCUT2D eigenvalue weighted by atomic mass is 16.5. The summed E-state index contributed by atoms with van der Waals surface area (Å²) < 4.78 is 5.50. The summed E-state index contributed by atoms with van der Waals surface area (Å²) in [5.41, 5.74) is 4.99. The molecule has 0 bridgehead atoms. The molecule has 0 radical (unpaired) electrons. The van der Waals surface area contributed by atoms with E-state index in [0.717, 1.165) is 24.3 Å². The molecular formula is C18H24N2O. The summed E-state index contributed by atoms with van der Waals surface area (Å²) >= 11 is 0. The zero-order chi connectivity index (χ0) is 15.2. The average molecular weight is 284 g/mol. The van der Waals surface area contributed by atoms with E-state index in [-0.39, 0.29) is 6.04 Å². The fraction of sp³-hybridized carbons (Fsp3) is 0.389. The van der Waals surface area contributed by atoms with Gasteiger partial charge in [-0.05, 0) is 44.0 Å². The Morgan fingerprint density at radius 3 is 2.71 bits per heavy atom. The number of rotatable bonds is 6. The highest BCUT2D eigenvalue weighted by Gasteiger charge is 2.19. The summed E-state index contributed by atoms with van der Waals surface area (Å²) in [6, 6.07) is 8.75. The number of ether oxygens (including phenoxy) is 1. The fourth-order valence-corrected chi connectivity index (χ4v) is 2.55. The zero-order valence-electron chi connectivity index (χ0n) is 13.3. The monoisotopic (exact) mass is 284 g/mol. The van der Waals surface area contributed by atoms with Crippen LogP contribution in [0.25, 0.3) is 0 Å². The molecule has 3 nitrogen and oxygen atoms in total. The van der Waals surface area contributed by atoms with Crippen LogP contribution < -0.4 is 10.1 Å². The quantitative estimate of drug-likeness (QED) is 0.876. The van der Waals surface area contributed by atoms with E-state index in [1.54, 1.807) is 13.3 Å². The smallest absolute Gasteiger partial charge is 0.142 e. The molecule has 3 heteroatoms. The lowest BCUT2D eigenvalue weighted by Gasteiger charge is -2.23. The topological polar surface area (TPSA) is 34.2 Å². The van der Waals surface area contributed by atoms with E-state index in [9.17, 15) is 0 Å². The number of pyridine rings is 1. The minimum atomic E-state index is 0.128. The van der Waals surface area contributed by atoms with Crippen LogP contribution in [0.15, 0.2) is 36.7 Å². The fourth-order valence-electron chi connectivity index (χ4n) is 2.55. The van der Waals surface area contributed by atoms with E-state index in [4.69, 9.17) is 4.74 Å². The summed E-state index contributed by atoms with van der Waals surface area (Å²) in [5, 5.41) is 3.64. The summed E-state index contributed by atoms with van der Waals surface area (Å²) in [6.45, 7) is 7.42. The van der Waals surface area contributed by atoms with Gasteiger partial charge in [-0.25, -0.2) is 0 Å². The van der Waals surface area contributed by atoms with Crippen molar-refractivity contribution in [1.29, 1.82) is 0 Å². The van der Waals surface area contributed by atoms with Crippen LogP contribution in [-0.2, 0) is 0 Å². The number of hydrogen-bond acceptors (Lipinski definition) is 3. The lowest BCUT2D eigenvalue weighted by atomic mass is 9.93. The van der Waals surface area contributed by atoms with E-state index in [2.05, 4.69) is 49.3 Å². The van der Waals surface area contributed by atoms with Crippen molar-refractivity contribution in [1.82, 2.24) is 10.3 Å². The first-order valence-electron chi connectivity index (χ1n) is 7.45. The highest BCUT2D eigenvalue weighted by Crippen LogP contribution is 2.31.